The lowest BCUT2D eigenvalue weighted by atomic mass is 10.1. The second-order valence-corrected chi connectivity index (χ2v) is 6.07. The minimum absolute atomic E-state index is 0.0207. The molecule has 0 spiro atoms. The Morgan fingerprint density at radius 3 is 2.76 bits per heavy atom. The van der Waals surface area contributed by atoms with Crippen LogP contribution in [0.15, 0.2) is 30.3 Å². The molecule has 0 bridgehead atoms. The topological polar surface area (TPSA) is 50.5 Å². The first kappa shape index (κ1) is 15.7. The smallest absolute Gasteiger partial charge is 0.265 e. The molecule has 0 radical (unpaired) electrons. The molecular formula is C18H16F2N4O. The Bertz CT molecular complexity index is 996. The summed E-state index contributed by atoms with van der Waals surface area (Å²) in [6.07, 6.45) is -1.76. The van der Waals surface area contributed by atoms with Gasteiger partial charge in [0.25, 0.3) is 6.43 Å². The Labute approximate surface area is 142 Å². The molecule has 1 aliphatic rings. The van der Waals surface area contributed by atoms with Crippen LogP contribution in [0.2, 0.25) is 0 Å². The van der Waals surface area contributed by atoms with Gasteiger partial charge in [-0.25, -0.2) is 18.3 Å². The number of benzene rings is 1. The fourth-order valence-corrected chi connectivity index (χ4v) is 3.30. The summed E-state index contributed by atoms with van der Waals surface area (Å²) in [5, 5.41) is 4.43. The van der Waals surface area contributed by atoms with Gasteiger partial charge in [0.05, 0.1) is 12.1 Å². The van der Waals surface area contributed by atoms with Gasteiger partial charge in [0, 0.05) is 23.9 Å². The lowest BCUT2D eigenvalue weighted by Gasteiger charge is -2.09. The number of pyridine rings is 1. The van der Waals surface area contributed by atoms with Crippen LogP contribution in [0.3, 0.4) is 0 Å². The molecule has 25 heavy (non-hydrogen) atoms. The predicted octanol–water partition coefficient (Wildman–Crippen LogP) is 3.42. The van der Waals surface area contributed by atoms with Gasteiger partial charge in [-0.15, -0.1) is 5.10 Å². The summed E-state index contributed by atoms with van der Waals surface area (Å²) in [5.74, 6) is 0.510. The highest BCUT2D eigenvalue weighted by atomic mass is 19.3. The number of hydrogen-bond donors (Lipinski definition) is 0. The molecular weight excluding hydrogens is 326 g/mol. The molecule has 0 aliphatic carbocycles. The summed E-state index contributed by atoms with van der Waals surface area (Å²) in [6, 6.07) is 8.58. The molecule has 0 N–H and O–H groups in total. The van der Waals surface area contributed by atoms with Crippen LogP contribution in [-0.2, 0) is 17.6 Å². The maximum atomic E-state index is 13.2. The third kappa shape index (κ3) is 2.38. The largest absolute Gasteiger partial charge is 0.315 e. The number of rotatable bonds is 3. The van der Waals surface area contributed by atoms with Crippen molar-refractivity contribution in [3.8, 4) is 11.4 Å². The monoisotopic (exact) mass is 342 g/mol. The number of hydrogen-bond acceptors (Lipinski definition) is 3. The Kier molecular flexibility index (Phi) is 3.52. The number of carbonyl (C=O) groups is 1. The number of anilines is 1. The van der Waals surface area contributed by atoms with E-state index in [0.717, 1.165) is 16.8 Å². The fraction of sp³-hybridized carbons (Fsp3) is 0.278. The van der Waals surface area contributed by atoms with E-state index in [9.17, 15) is 13.6 Å². The van der Waals surface area contributed by atoms with Crippen molar-refractivity contribution in [1.82, 2.24) is 14.6 Å². The molecule has 7 heteroatoms. The van der Waals surface area contributed by atoms with E-state index in [1.807, 2.05) is 25.1 Å². The van der Waals surface area contributed by atoms with Gasteiger partial charge in [0.15, 0.2) is 11.5 Å². The SMILES string of the molecule is CCc1c(C(F)F)ccc2nc(-c3ccc4c(c3)CC(=O)N4C)nn12. The van der Waals surface area contributed by atoms with Crippen molar-refractivity contribution in [3.05, 3.63) is 47.2 Å². The molecule has 1 aromatic carbocycles. The molecule has 1 amide bonds. The third-order valence-corrected chi connectivity index (χ3v) is 4.62. The number of likely N-dealkylation sites (N-methyl/N-ethyl adjacent to an activating group) is 1. The Hall–Kier alpha value is -2.83. The lowest BCUT2D eigenvalue weighted by Crippen LogP contribution is -2.20. The average Bonchev–Trinajstić information content (AvgIpc) is 3.15. The Balaban J connectivity index is 1.83. The summed E-state index contributed by atoms with van der Waals surface area (Å²) in [7, 11) is 1.75. The molecule has 128 valence electrons. The van der Waals surface area contributed by atoms with E-state index in [1.54, 1.807) is 18.0 Å². The van der Waals surface area contributed by atoms with E-state index in [1.165, 1.54) is 10.6 Å². The summed E-state index contributed by atoms with van der Waals surface area (Å²) >= 11 is 0. The lowest BCUT2D eigenvalue weighted by molar-refractivity contribution is -0.117. The first-order valence-electron chi connectivity index (χ1n) is 8.06. The van der Waals surface area contributed by atoms with Gasteiger partial charge in [-0.2, -0.15) is 0 Å². The van der Waals surface area contributed by atoms with Crippen molar-refractivity contribution >= 4 is 17.2 Å². The molecule has 5 nitrogen and oxygen atoms in total. The summed E-state index contributed by atoms with van der Waals surface area (Å²) in [6.45, 7) is 1.82. The number of halogens is 2. The quantitative estimate of drug-likeness (QED) is 0.733. The average molecular weight is 342 g/mol. The molecule has 2 aromatic heterocycles. The minimum Gasteiger partial charge on any atom is -0.315 e. The number of amides is 1. The van der Waals surface area contributed by atoms with Gasteiger partial charge >= 0.3 is 0 Å². The first-order chi connectivity index (χ1) is 12.0. The molecule has 0 saturated carbocycles. The first-order valence-corrected chi connectivity index (χ1v) is 8.06. The van der Waals surface area contributed by atoms with Gasteiger partial charge in [-0.3, -0.25) is 4.79 Å². The molecule has 0 unspecified atom stereocenters. The second-order valence-electron chi connectivity index (χ2n) is 6.07. The molecule has 0 atom stereocenters. The van der Waals surface area contributed by atoms with E-state index >= 15 is 0 Å². The van der Waals surface area contributed by atoms with Crippen LogP contribution in [0.25, 0.3) is 17.0 Å². The number of alkyl halides is 2. The molecule has 3 heterocycles. The summed E-state index contributed by atoms with van der Waals surface area (Å²) < 4.78 is 27.9. The van der Waals surface area contributed by atoms with E-state index in [0.29, 0.717) is 30.0 Å². The molecule has 0 saturated heterocycles. The van der Waals surface area contributed by atoms with Crippen LogP contribution in [0.1, 0.15) is 30.2 Å². The minimum atomic E-state index is -2.55. The fourth-order valence-electron chi connectivity index (χ4n) is 3.30. The maximum absolute atomic E-state index is 13.2. The molecule has 0 fully saturated rings. The van der Waals surface area contributed by atoms with Crippen LogP contribution >= 0.6 is 0 Å². The zero-order chi connectivity index (χ0) is 17.7. The van der Waals surface area contributed by atoms with Gasteiger partial charge in [-0.1, -0.05) is 6.92 Å². The number of nitrogens with zero attached hydrogens (tertiary/aromatic N) is 4. The van der Waals surface area contributed by atoms with E-state index in [4.69, 9.17) is 0 Å². The van der Waals surface area contributed by atoms with Gasteiger partial charge in [-0.05, 0) is 42.3 Å². The zero-order valence-electron chi connectivity index (χ0n) is 13.8. The molecule has 1 aliphatic heterocycles. The molecule has 3 aromatic rings. The van der Waals surface area contributed by atoms with Gasteiger partial charge in [0.2, 0.25) is 5.91 Å². The van der Waals surface area contributed by atoms with Crippen molar-refractivity contribution in [2.24, 2.45) is 0 Å². The van der Waals surface area contributed by atoms with Gasteiger partial charge < -0.3 is 4.90 Å². The van der Waals surface area contributed by atoms with Crippen LogP contribution in [0, 0.1) is 0 Å². The highest BCUT2D eigenvalue weighted by Gasteiger charge is 2.25. The second kappa shape index (κ2) is 5.61. The predicted molar refractivity (Wildman–Crippen MR) is 89.9 cm³/mol. The number of aryl methyl sites for hydroxylation is 1. The number of carbonyl (C=O) groups excluding carboxylic acids is 1. The molecule has 4 rings (SSSR count). The summed E-state index contributed by atoms with van der Waals surface area (Å²) in [4.78, 5) is 17.9. The van der Waals surface area contributed by atoms with E-state index in [2.05, 4.69) is 10.1 Å². The summed E-state index contributed by atoms with van der Waals surface area (Å²) in [5.41, 5.74) is 3.55. The maximum Gasteiger partial charge on any atom is 0.265 e. The van der Waals surface area contributed by atoms with E-state index in [-0.39, 0.29) is 11.5 Å². The number of aromatic nitrogens is 3. The highest BCUT2D eigenvalue weighted by Crippen LogP contribution is 2.32. The highest BCUT2D eigenvalue weighted by molar-refractivity contribution is 6.01. The zero-order valence-corrected chi connectivity index (χ0v) is 13.8. The third-order valence-electron chi connectivity index (χ3n) is 4.62. The van der Waals surface area contributed by atoms with Crippen LogP contribution < -0.4 is 4.90 Å². The normalized spacial score (nSPS) is 14.0. The van der Waals surface area contributed by atoms with Gasteiger partial charge in [0.1, 0.15) is 0 Å². The Morgan fingerprint density at radius 1 is 1.24 bits per heavy atom. The standard InChI is InChI=1S/C18H16F2N4O/c1-3-13-12(17(19)20)5-7-15-21-18(22-24(13)15)10-4-6-14-11(8-10)9-16(25)23(14)2/h4-8,17H,3,9H2,1-2H3. The van der Waals surface area contributed by atoms with Crippen LogP contribution in [0.5, 0.6) is 0 Å². The van der Waals surface area contributed by atoms with E-state index < -0.39 is 6.43 Å². The van der Waals surface area contributed by atoms with Crippen molar-refractivity contribution < 1.29 is 13.6 Å². The van der Waals surface area contributed by atoms with Crippen LogP contribution in [-0.4, -0.2) is 27.6 Å². The van der Waals surface area contributed by atoms with Crippen molar-refractivity contribution in [2.45, 2.75) is 26.2 Å². The van der Waals surface area contributed by atoms with Crippen molar-refractivity contribution in [1.29, 1.82) is 0 Å². The van der Waals surface area contributed by atoms with Crippen LogP contribution in [0.4, 0.5) is 14.5 Å². The number of fused-ring (bicyclic) bond motifs is 2. The van der Waals surface area contributed by atoms with Crippen molar-refractivity contribution in [2.75, 3.05) is 11.9 Å². The Morgan fingerprint density at radius 2 is 2.04 bits per heavy atom. The van der Waals surface area contributed by atoms with Crippen molar-refractivity contribution in [3.63, 3.8) is 0 Å².